The first-order valence-corrected chi connectivity index (χ1v) is 10.4. The molecule has 4 rings (SSSR count). The number of methoxy groups -OCH3 is 1. The molecule has 6 nitrogen and oxygen atoms in total. The fourth-order valence-corrected chi connectivity index (χ4v) is 4.03. The number of benzene rings is 1. The molecule has 0 aliphatic carbocycles. The van der Waals surface area contributed by atoms with E-state index in [1.54, 1.807) is 13.3 Å². The lowest BCUT2D eigenvalue weighted by Crippen LogP contribution is -2.32. The van der Waals surface area contributed by atoms with Crippen LogP contribution in [0.2, 0.25) is 0 Å². The number of hydrogen-bond donors (Lipinski definition) is 1. The molecule has 0 unspecified atom stereocenters. The molecule has 1 aliphatic rings. The summed E-state index contributed by atoms with van der Waals surface area (Å²) < 4.78 is 17.1. The van der Waals surface area contributed by atoms with Crippen molar-refractivity contribution in [1.82, 2.24) is 15.2 Å². The minimum Gasteiger partial charge on any atom is -0.494 e. The van der Waals surface area contributed by atoms with Crippen molar-refractivity contribution < 1.29 is 13.9 Å². The maximum Gasteiger partial charge on any atom is 0.170 e. The first kappa shape index (κ1) is 20.4. The third-order valence-electron chi connectivity index (χ3n) is 5.10. The Morgan fingerprint density at radius 2 is 1.97 bits per heavy atom. The summed E-state index contributed by atoms with van der Waals surface area (Å²) in [6, 6.07) is 17.6. The summed E-state index contributed by atoms with van der Waals surface area (Å²) in [5.74, 6) is 2.48. The Kier molecular flexibility index (Phi) is 6.30. The second-order valence-corrected chi connectivity index (χ2v) is 7.36. The van der Waals surface area contributed by atoms with E-state index >= 15 is 0 Å². The summed E-state index contributed by atoms with van der Waals surface area (Å²) in [4.78, 5) is 6.65. The number of rotatable bonds is 8. The molecule has 2 aromatic heterocycles. The summed E-state index contributed by atoms with van der Waals surface area (Å²) in [7, 11) is 1.69. The van der Waals surface area contributed by atoms with Crippen LogP contribution < -0.4 is 10.1 Å². The molecule has 0 bridgehead atoms. The minimum absolute atomic E-state index is 0.102. The lowest BCUT2D eigenvalue weighted by atomic mass is 10.0. The molecule has 1 saturated heterocycles. The molecule has 0 amide bonds. The van der Waals surface area contributed by atoms with E-state index < -0.39 is 0 Å². The predicted molar refractivity (Wildman–Crippen MR) is 119 cm³/mol. The van der Waals surface area contributed by atoms with Crippen LogP contribution in [0.1, 0.15) is 30.5 Å². The summed E-state index contributed by atoms with van der Waals surface area (Å²) in [5.41, 5.74) is 1.92. The minimum atomic E-state index is -0.112. The Morgan fingerprint density at radius 1 is 1.13 bits per heavy atom. The lowest BCUT2D eigenvalue weighted by Gasteiger charge is -2.25. The van der Waals surface area contributed by atoms with Gasteiger partial charge in [0.15, 0.2) is 5.11 Å². The third kappa shape index (κ3) is 4.17. The van der Waals surface area contributed by atoms with E-state index in [9.17, 15) is 0 Å². The maximum absolute atomic E-state index is 6.31. The van der Waals surface area contributed by atoms with Gasteiger partial charge in [0, 0.05) is 25.4 Å². The average Bonchev–Trinajstić information content (AvgIpc) is 3.38. The van der Waals surface area contributed by atoms with Crippen molar-refractivity contribution in [3.05, 3.63) is 72.2 Å². The van der Waals surface area contributed by atoms with Crippen LogP contribution in [0.3, 0.4) is 0 Å². The number of furan rings is 1. The zero-order valence-electron chi connectivity index (χ0n) is 17.1. The lowest BCUT2D eigenvalue weighted by molar-refractivity contribution is 0.158. The SMILES string of the molecule is CCOc1ccc(-c2ccc([C@H]3[C@H](c4ccccn4)NC(=S)N3CCOC)o2)cc1. The van der Waals surface area contributed by atoms with E-state index in [1.165, 1.54) is 0 Å². The van der Waals surface area contributed by atoms with Gasteiger partial charge < -0.3 is 24.1 Å². The number of pyridine rings is 1. The molecule has 1 N–H and O–H groups in total. The van der Waals surface area contributed by atoms with Crippen LogP contribution in [0.5, 0.6) is 5.75 Å². The molecule has 0 radical (unpaired) electrons. The van der Waals surface area contributed by atoms with Gasteiger partial charge >= 0.3 is 0 Å². The zero-order valence-corrected chi connectivity index (χ0v) is 17.9. The van der Waals surface area contributed by atoms with Crippen molar-refractivity contribution >= 4 is 17.3 Å². The Morgan fingerprint density at radius 3 is 2.67 bits per heavy atom. The van der Waals surface area contributed by atoms with Crippen LogP contribution in [-0.2, 0) is 4.74 Å². The summed E-state index contributed by atoms with van der Waals surface area (Å²) in [5, 5.41) is 4.08. The topological polar surface area (TPSA) is 59.8 Å². The van der Waals surface area contributed by atoms with Gasteiger partial charge in [-0.1, -0.05) is 6.07 Å². The molecule has 30 heavy (non-hydrogen) atoms. The van der Waals surface area contributed by atoms with Gasteiger partial charge in [-0.3, -0.25) is 4.98 Å². The van der Waals surface area contributed by atoms with Crippen molar-refractivity contribution in [2.24, 2.45) is 0 Å². The number of thiocarbonyl (C=S) groups is 1. The Labute approximate surface area is 181 Å². The van der Waals surface area contributed by atoms with Gasteiger partial charge in [-0.2, -0.15) is 0 Å². The summed E-state index contributed by atoms with van der Waals surface area (Å²) in [6.45, 7) is 3.85. The monoisotopic (exact) mass is 423 g/mol. The van der Waals surface area contributed by atoms with Gasteiger partial charge in [-0.05, 0) is 67.7 Å². The first-order chi connectivity index (χ1) is 14.7. The highest BCUT2D eigenvalue weighted by Crippen LogP contribution is 2.40. The third-order valence-corrected chi connectivity index (χ3v) is 5.45. The van der Waals surface area contributed by atoms with Crippen molar-refractivity contribution in [3.63, 3.8) is 0 Å². The molecule has 1 fully saturated rings. The highest BCUT2D eigenvalue weighted by molar-refractivity contribution is 7.80. The van der Waals surface area contributed by atoms with Crippen LogP contribution >= 0.6 is 12.2 Å². The number of hydrogen-bond acceptors (Lipinski definition) is 5. The van der Waals surface area contributed by atoms with E-state index in [2.05, 4.69) is 15.2 Å². The van der Waals surface area contributed by atoms with Crippen molar-refractivity contribution in [3.8, 4) is 17.1 Å². The molecular weight excluding hydrogens is 398 g/mol. The summed E-state index contributed by atoms with van der Waals surface area (Å²) in [6.07, 6.45) is 1.79. The molecule has 3 heterocycles. The largest absolute Gasteiger partial charge is 0.494 e. The van der Waals surface area contributed by atoms with Gasteiger partial charge in [-0.15, -0.1) is 0 Å². The Balaban J connectivity index is 1.65. The molecule has 0 saturated carbocycles. The molecule has 2 atom stereocenters. The second kappa shape index (κ2) is 9.28. The van der Waals surface area contributed by atoms with E-state index in [4.69, 9.17) is 26.1 Å². The van der Waals surface area contributed by atoms with Crippen LogP contribution in [0.15, 0.2) is 65.2 Å². The highest BCUT2D eigenvalue weighted by atomic mass is 32.1. The molecule has 1 aliphatic heterocycles. The van der Waals surface area contributed by atoms with Crippen LogP contribution in [0.4, 0.5) is 0 Å². The number of nitrogens with zero attached hydrogens (tertiary/aromatic N) is 2. The first-order valence-electron chi connectivity index (χ1n) is 10.0. The Hall–Kier alpha value is -2.90. The number of aromatic nitrogens is 1. The molecule has 156 valence electrons. The van der Waals surface area contributed by atoms with Crippen molar-refractivity contribution in [2.45, 2.75) is 19.0 Å². The van der Waals surface area contributed by atoms with E-state index in [-0.39, 0.29) is 12.1 Å². The van der Waals surface area contributed by atoms with Gasteiger partial charge in [0.05, 0.1) is 24.9 Å². The normalized spacial score (nSPS) is 18.5. The van der Waals surface area contributed by atoms with E-state index in [0.717, 1.165) is 28.5 Å². The fourth-order valence-electron chi connectivity index (χ4n) is 3.69. The average molecular weight is 424 g/mol. The van der Waals surface area contributed by atoms with Crippen LogP contribution in [0, 0.1) is 0 Å². The number of ether oxygens (including phenoxy) is 2. The molecule has 3 aromatic rings. The standard InChI is InChI=1S/C23H25N3O3S/c1-3-28-17-9-7-16(8-10-17)19-11-12-20(29-19)22-21(18-6-4-5-13-24-18)25-23(30)26(22)14-15-27-2/h4-13,21-22H,3,14-15H2,1-2H3,(H,25,30)/t21-,22-/m0/s1. The van der Waals surface area contributed by atoms with E-state index in [0.29, 0.717) is 24.9 Å². The van der Waals surface area contributed by atoms with Crippen molar-refractivity contribution in [2.75, 3.05) is 26.9 Å². The molecule has 1 aromatic carbocycles. The van der Waals surface area contributed by atoms with Crippen molar-refractivity contribution in [1.29, 1.82) is 0 Å². The summed E-state index contributed by atoms with van der Waals surface area (Å²) >= 11 is 5.62. The second-order valence-electron chi connectivity index (χ2n) is 6.97. The van der Waals surface area contributed by atoms with Crippen LogP contribution in [-0.4, -0.2) is 41.9 Å². The number of nitrogens with one attached hydrogen (secondary N) is 1. The molecule has 7 heteroatoms. The fraction of sp³-hybridized carbons (Fsp3) is 0.304. The van der Waals surface area contributed by atoms with Gasteiger partial charge in [0.1, 0.15) is 23.3 Å². The van der Waals surface area contributed by atoms with Gasteiger partial charge in [0.2, 0.25) is 0 Å². The smallest absolute Gasteiger partial charge is 0.170 e. The molecule has 0 spiro atoms. The quantitative estimate of drug-likeness (QED) is 0.540. The highest BCUT2D eigenvalue weighted by Gasteiger charge is 2.41. The maximum atomic E-state index is 6.31. The van der Waals surface area contributed by atoms with Crippen LogP contribution in [0.25, 0.3) is 11.3 Å². The zero-order chi connectivity index (χ0) is 20.9. The predicted octanol–water partition coefficient (Wildman–Crippen LogP) is 4.36. The van der Waals surface area contributed by atoms with E-state index in [1.807, 2.05) is 61.5 Å². The Bertz CT molecular complexity index is 975. The van der Waals surface area contributed by atoms with Gasteiger partial charge in [0.25, 0.3) is 0 Å². The van der Waals surface area contributed by atoms with Gasteiger partial charge in [-0.25, -0.2) is 0 Å². The molecular formula is C23H25N3O3S.